The predicted octanol–water partition coefficient (Wildman–Crippen LogP) is 1.73. The van der Waals surface area contributed by atoms with Crippen LogP contribution in [0.3, 0.4) is 0 Å². The van der Waals surface area contributed by atoms with Gasteiger partial charge in [-0.05, 0) is 25.7 Å². The van der Waals surface area contributed by atoms with Crippen molar-refractivity contribution in [3.63, 3.8) is 0 Å². The van der Waals surface area contributed by atoms with E-state index in [9.17, 15) is 0 Å². The number of hydrogen-bond acceptors (Lipinski definition) is 4. The maximum atomic E-state index is 6.21. The number of rotatable bonds is 4. The zero-order chi connectivity index (χ0) is 11.5. The Kier molecular flexibility index (Phi) is 3.86. The van der Waals surface area contributed by atoms with Gasteiger partial charge in [-0.25, -0.2) is 0 Å². The van der Waals surface area contributed by atoms with Crippen LogP contribution in [0.2, 0.25) is 0 Å². The van der Waals surface area contributed by atoms with Crippen LogP contribution in [0.15, 0.2) is 5.16 Å². The van der Waals surface area contributed by atoms with E-state index in [2.05, 4.69) is 10.2 Å². The van der Waals surface area contributed by atoms with Gasteiger partial charge in [0.2, 0.25) is 0 Å². The van der Waals surface area contributed by atoms with E-state index in [1.165, 1.54) is 25.7 Å². The fraction of sp³-hybridized carbons (Fsp3) is 0.818. The molecular formula is C11H20N4S. The van der Waals surface area contributed by atoms with Crippen molar-refractivity contribution in [1.82, 2.24) is 14.8 Å². The molecule has 16 heavy (non-hydrogen) atoms. The standard InChI is InChI=1S/C11H20N4S/c1-8-13-14-11(15(8)2)16-7-10(12)9-5-3-4-6-9/h9-10H,3-7,12H2,1-2H3. The first-order valence-electron chi connectivity index (χ1n) is 5.93. The smallest absolute Gasteiger partial charge is 0.190 e. The van der Waals surface area contributed by atoms with E-state index in [0.717, 1.165) is 22.7 Å². The fourth-order valence-corrected chi connectivity index (χ4v) is 3.24. The van der Waals surface area contributed by atoms with Gasteiger partial charge in [-0.2, -0.15) is 0 Å². The van der Waals surface area contributed by atoms with E-state index < -0.39 is 0 Å². The monoisotopic (exact) mass is 240 g/mol. The SMILES string of the molecule is Cc1nnc(SCC(N)C2CCCC2)n1C. The van der Waals surface area contributed by atoms with Crippen LogP contribution in [0.4, 0.5) is 0 Å². The lowest BCUT2D eigenvalue weighted by atomic mass is 10.0. The molecule has 0 radical (unpaired) electrons. The summed E-state index contributed by atoms with van der Waals surface area (Å²) < 4.78 is 2.02. The Bertz CT molecular complexity index is 344. The molecule has 1 saturated carbocycles. The first-order valence-corrected chi connectivity index (χ1v) is 6.91. The summed E-state index contributed by atoms with van der Waals surface area (Å²) in [6.07, 6.45) is 5.32. The molecule has 0 saturated heterocycles. The zero-order valence-corrected chi connectivity index (χ0v) is 10.8. The van der Waals surface area contributed by atoms with E-state index in [4.69, 9.17) is 5.73 Å². The van der Waals surface area contributed by atoms with Crippen molar-refractivity contribution in [2.24, 2.45) is 18.7 Å². The third-order valence-corrected chi connectivity index (χ3v) is 4.63. The number of aryl methyl sites for hydroxylation is 1. The minimum Gasteiger partial charge on any atom is -0.327 e. The van der Waals surface area contributed by atoms with Gasteiger partial charge in [0.05, 0.1) is 0 Å². The first kappa shape index (κ1) is 11.9. The lowest BCUT2D eigenvalue weighted by molar-refractivity contribution is 0.463. The highest BCUT2D eigenvalue weighted by Gasteiger charge is 2.22. The van der Waals surface area contributed by atoms with Gasteiger partial charge < -0.3 is 10.3 Å². The minimum atomic E-state index is 0.310. The maximum absolute atomic E-state index is 6.21. The number of nitrogens with zero attached hydrogens (tertiary/aromatic N) is 3. The summed E-state index contributed by atoms with van der Waals surface area (Å²) in [7, 11) is 2.00. The maximum Gasteiger partial charge on any atom is 0.190 e. The molecule has 1 fully saturated rings. The van der Waals surface area contributed by atoms with Gasteiger partial charge in [0, 0.05) is 18.8 Å². The van der Waals surface area contributed by atoms with Crippen LogP contribution in [0, 0.1) is 12.8 Å². The van der Waals surface area contributed by atoms with Gasteiger partial charge in [0.25, 0.3) is 0 Å². The van der Waals surface area contributed by atoms with E-state index >= 15 is 0 Å². The van der Waals surface area contributed by atoms with Gasteiger partial charge in [-0.1, -0.05) is 24.6 Å². The Morgan fingerprint density at radius 2 is 2.12 bits per heavy atom. The van der Waals surface area contributed by atoms with Crippen molar-refractivity contribution < 1.29 is 0 Å². The van der Waals surface area contributed by atoms with Crippen LogP contribution < -0.4 is 5.73 Å². The Hall–Kier alpha value is -0.550. The van der Waals surface area contributed by atoms with E-state index in [-0.39, 0.29) is 0 Å². The molecule has 0 amide bonds. The molecule has 1 aromatic heterocycles. The molecule has 2 N–H and O–H groups in total. The lowest BCUT2D eigenvalue weighted by Crippen LogP contribution is -2.30. The van der Waals surface area contributed by atoms with Gasteiger partial charge in [-0.3, -0.25) is 0 Å². The molecule has 1 aromatic rings. The highest BCUT2D eigenvalue weighted by molar-refractivity contribution is 7.99. The summed E-state index contributed by atoms with van der Waals surface area (Å²) in [5.74, 6) is 2.63. The molecule has 0 aliphatic heterocycles. The molecule has 0 aromatic carbocycles. The predicted molar refractivity (Wildman–Crippen MR) is 66.4 cm³/mol. The van der Waals surface area contributed by atoms with E-state index in [1.807, 2.05) is 18.5 Å². The van der Waals surface area contributed by atoms with Crippen LogP contribution in [0.5, 0.6) is 0 Å². The third kappa shape index (κ3) is 2.58. The molecule has 2 rings (SSSR count). The third-order valence-electron chi connectivity index (χ3n) is 3.46. The Labute approximate surface area is 101 Å². The average molecular weight is 240 g/mol. The summed E-state index contributed by atoms with van der Waals surface area (Å²) in [6, 6.07) is 0.310. The molecule has 1 unspecified atom stereocenters. The normalized spacial score (nSPS) is 19.2. The van der Waals surface area contributed by atoms with Crippen molar-refractivity contribution >= 4 is 11.8 Å². The molecule has 0 bridgehead atoms. The van der Waals surface area contributed by atoms with Crippen molar-refractivity contribution in [3.8, 4) is 0 Å². The average Bonchev–Trinajstić information content (AvgIpc) is 2.89. The topological polar surface area (TPSA) is 56.7 Å². The number of aromatic nitrogens is 3. The summed E-state index contributed by atoms with van der Waals surface area (Å²) in [5.41, 5.74) is 6.21. The quantitative estimate of drug-likeness (QED) is 0.814. The van der Waals surface area contributed by atoms with Gasteiger partial charge in [-0.15, -0.1) is 10.2 Å². The molecule has 4 nitrogen and oxygen atoms in total. The molecule has 0 spiro atoms. The van der Waals surface area contributed by atoms with Crippen molar-refractivity contribution in [1.29, 1.82) is 0 Å². The lowest BCUT2D eigenvalue weighted by Gasteiger charge is -2.17. The van der Waals surface area contributed by atoms with Gasteiger partial charge >= 0.3 is 0 Å². The largest absolute Gasteiger partial charge is 0.327 e. The second-order valence-corrected chi connectivity index (χ2v) is 5.60. The summed E-state index contributed by atoms with van der Waals surface area (Å²) in [6.45, 7) is 1.97. The van der Waals surface area contributed by atoms with Gasteiger partial charge in [0.1, 0.15) is 5.82 Å². The van der Waals surface area contributed by atoms with Crippen LogP contribution in [0.25, 0.3) is 0 Å². The second-order valence-electron chi connectivity index (χ2n) is 4.61. The highest BCUT2D eigenvalue weighted by Crippen LogP contribution is 2.29. The van der Waals surface area contributed by atoms with Crippen LogP contribution in [-0.4, -0.2) is 26.6 Å². The summed E-state index contributed by atoms with van der Waals surface area (Å²) in [4.78, 5) is 0. The first-order chi connectivity index (χ1) is 7.68. The Morgan fingerprint density at radius 3 is 2.69 bits per heavy atom. The molecule has 1 aliphatic rings. The van der Waals surface area contributed by atoms with Crippen molar-refractivity contribution in [2.45, 2.75) is 43.8 Å². The number of nitrogens with two attached hydrogens (primary N) is 1. The van der Waals surface area contributed by atoms with E-state index in [0.29, 0.717) is 6.04 Å². The second kappa shape index (κ2) is 5.19. The number of hydrogen-bond donors (Lipinski definition) is 1. The highest BCUT2D eigenvalue weighted by atomic mass is 32.2. The Morgan fingerprint density at radius 1 is 1.44 bits per heavy atom. The fourth-order valence-electron chi connectivity index (χ4n) is 2.21. The molecular weight excluding hydrogens is 220 g/mol. The minimum absolute atomic E-state index is 0.310. The van der Waals surface area contributed by atoms with Crippen LogP contribution in [0.1, 0.15) is 31.5 Å². The van der Waals surface area contributed by atoms with Crippen molar-refractivity contribution in [2.75, 3.05) is 5.75 Å². The molecule has 1 heterocycles. The molecule has 5 heteroatoms. The molecule has 90 valence electrons. The van der Waals surface area contributed by atoms with Crippen LogP contribution in [-0.2, 0) is 7.05 Å². The Balaban J connectivity index is 1.84. The zero-order valence-electron chi connectivity index (χ0n) is 10.0. The molecule has 1 aliphatic carbocycles. The van der Waals surface area contributed by atoms with Crippen molar-refractivity contribution in [3.05, 3.63) is 5.82 Å². The number of thioether (sulfide) groups is 1. The van der Waals surface area contributed by atoms with E-state index in [1.54, 1.807) is 11.8 Å². The van der Waals surface area contributed by atoms with Gasteiger partial charge in [0.15, 0.2) is 5.16 Å². The summed E-state index contributed by atoms with van der Waals surface area (Å²) in [5, 5.41) is 9.15. The van der Waals surface area contributed by atoms with Crippen LogP contribution >= 0.6 is 11.8 Å². The summed E-state index contributed by atoms with van der Waals surface area (Å²) >= 11 is 1.73. The molecule has 1 atom stereocenters.